The molecule has 2 amide bonds. The van der Waals surface area contributed by atoms with Crippen LogP contribution in [0.5, 0.6) is 0 Å². The number of thioether (sulfide) groups is 1. The van der Waals surface area contributed by atoms with Crippen LogP contribution in [0.15, 0.2) is 5.38 Å². The van der Waals surface area contributed by atoms with Crippen molar-refractivity contribution in [2.75, 3.05) is 12.8 Å². The number of nitrogens with zero attached hydrogens (tertiary/aromatic N) is 1. The maximum atomic E-state index is 11.9. The summed E-state index contributed by atoms with van der Waals surface area (Å²) in [6.07, 6.45) is 5.54. The highest BCUT2D eigenvalue weighted by Gasteiger charge is 2.25. The highest BCUT2D eigenvalue weighted by Crippen LogP contribution is 2.28. The first kappa shape index (κ1) is 15.6. The monoisotopic (exact) mass is 313 g/mol. The van der Waals surface area contributed by atoms with Gasteiger partial charge in [0, 0.05) is 34.8 Å². The van der Waals surface area contributed by atoms with Gasteiger partial charge in [0.05, 0.1) is 5.01 Å². The molecular weight excluding hydrogens is 290 g/mol. The van der Waals surface area contributed by atoms with E-state index in [-0.39, 0.29) is 11.9 Å². The Balaban J connectivity index is 1.70. The van der Waals surface area contributed by atoms with Gasteiger partial charge in [-0.2, -0.15) is 11.8 Å². The van der Waals surface area contributed by atoms with Crippen molar-refractivity contribution in [3.05, 3.63) is 16.1 Å². The molecule has 1 fully saturated rings. The third kappa shape index (κ3) is 4.38. The van der Waals surface area contributed by atoms with Crippen molar-refractivity contribution < 1.29 is 4.79 Å². The lowest BCUT2D eigenvalue weighted by Crippen LogP contribution is -2.42. The van der Waals surface area contributed by atoms with Crippen LogP contribution >= 0.6 is 23.1 Å². The summed E-state index contributed by atoms with van der Waals surface area (Å²) in [4.78, 5) is 16.3. The van der Waals surface area contributed by atoms with Gasteiger partial charge in [-0.15, -0.1) is 11.3 Å². The molecule has 1 aliphatic rings. The summed E-state index contributed by atoms with van der Waals surface area (Å²) in [5, 5.41) is 9.88. The molecule has 0 bridgehead atoms. The van der Waals surface area contributed by atoms with Crippen LogP contribution in [-0.4, -0.2) is 35.1 Å². The van der Waals surface area contributed by atoms with Gasteiger partial charge in [0.15, 0.2) is 0 Å². The van der Waals surface area contributed by atoms with Gasteiger partial charge in [-0.1, -0.05) is 6.92 Å². The van der Waals surface area contributed by atoms with E-state index in [1.807, 2.05) is 24.1 Å². The Hall–Kier alpha value is -0.750. The van der Waals surface area contributed by atoms with Crippen LogP contribution in [0.1, 0.15) is 42.8 Å². The molecule has 112 valence electrons. The average molecular weight is 313 g/mol. The maximum absolute atomic E-state index is 11.9. The lowest BCUT2D eigenvalue weighted by molar-refractivity contribution is 0.236. The van der Waals surface area contributed by atoms with Crippen LogP contribution in [0, 0.1) is 6.92 Å². The molecule has 1 saturated carbocycles. The van der Waals surface area contributed by atoms with E-state index in [1.54, 1.807) is 11.3 Å². The first-order chi connectivity index (χ1) is 9.58. The minimum Gasteiger partial charge on any atom is -0.337 e. The average Bonchev–Trinajstić information content (AvgIpc) is 3.05. The Kier molecular flexibility index (Phi) is 5.72. The fourth-order valence-corrected chi connectivity index (χ4v) is 4.11. The van der Waals surface area contributed by atoms with E-state index in [4.69, 9.17) is 0 Å². The van der Waals surface area contributed by atoms with Gasteiger partial charge in [0.2, 0.25) is 0 Å². The Morgan fingerprint density at radius 1 is 1.60 bits per heavy atom. The number of rotatable bonds is 5. The van der Waals surface area contributed by atoms with Gasteiger partial charge in [-0.3, -0.25) is 0 Å². The molecule has 1 aromatic rings. The molecule has 0 saturated heterocycles. The van der Waals surface area contributed by atoms with E-state index in [1.165, 1.54) is 6.42 Å². The Bertz CT molecular complexity index is 449. The van der Waals surface area contributed by atoms with Crippen LogP contribution in [0.2, 0.25) is 0 Å². The number of urea groups is 1. The summed E-state index contributed by atoms with van der Waals surface area (Å²) in [7, 11) is 0. The number of hydrogen-bond donors (Lipinski definition) is 2. The minimum atomic E-state index is -0.0446. The lowest BCUT2D eigenvalue weighted by atomic mass is 10.2. The van der Waals surface area contributed by atoms with E-state index in [0.717, 1.165) is 23.5 Å². The largest absolute Gasteiger partial charge is 0.337 e. The van der Waals surface area contributed by atoms with Crippen LogP contribution in [0.3, 0.4) is 0 Å². The van der Waals surface area contributed by atoms with Crippen molar-refractivity contribution in [1.82, 2.24) is 15.6 Å². The predicted octanol–water partition coefficient (Wildman–Crippen LogP) is 3.14. The van der Waals surface area contributed by atoms with Gasteiger partial charge in [-0.25, -0.2) is 9.78 Å². The zero-order valence-electron chi connectivity index (χ0n) is 12.3. The molecule has 0 spiro atoms. The topological polar surface area (TPSA) is 54.0 Å². The highest BCUT2D eigenvalue weighted by atomic mass is 32.2. The van der Waals surface area contributed by atoms with Crippen LogP contribution in [0.25, 0.3) is 0 Å². The Labute approximate surface area is 129 Å². The Morgan fingerprint density at radius 3 is 3.00 bits per heavy atom. The first-order valence-electron chi connectivity index (χ1n) is 7.07. The van der Waals surface area contributed by atoms with Gasteiger partial charge in [-0.05, 0) is 32.4 Å². The minimum absolute atomic E-state index is 0.0446. The summed E-state index contributed by atoms with van der Waals surface area (Å²) in [6.45, 7) is 4.73. The third-order valence-corrected chi connectivity index (χ3v) is 5.97. The second-order valence-corrected chi connectivity index (χ2v) is 7.48. The second kappa shape index (κ2) is 7.31. The molecule has 20 heavy (non-hydrogen) atoms. The normalized spacial score (nSPS) is 23.6. The molecule has 1 heterocycles. The van der Waals surface area contributed by atoms with E-state index in [2.05, 4.69) is 28.8 Å². The van der Waals surface area contributed by atoms with E-state index < -0.39 is 0 Å². The summed E-state index contributed by atoms with van der Waals surface area (Å²) in [6, 6.07) is 0.293. The molecule has 1 aliphatic carbocycles. The van der Waals surface area contributed by atoms with Crippen LogP contribution in [0.4, 0.5) is 4.79 Å². The van der Waals surface area contributed by atoms with Crippen molar-refractivity contribution in [3.63, 3.8) is 0 Å². The van der Waals surface area contributed by atoms with E-state index in [0.29, 0.717) is 17.8 Å². The van der Waals surface area contributed by atoms with Gasteiger partial charge in [0.1, 0.15) is 0 Å². The second-order valence-electron chi connectivity index (χ2n) is 5.45. The molecular formula is C14H23N3OS2. The zero-order chi connectivity index (χ0) is 14.5. The molecule has 1 aromatic heterocycles. The van der Waals surface area contributed by atoms with Crippen molar-refractivity contribution in [2.45, 2.75) is 50.3 Å². The summed E-state index contributed by atoms with van der Waals surface area (Å²) >= 11 is 3.56. The number of aryl methyl sites for hydroxylation is 1. The maximum Gasteiger partial charge on any atom is 0.315 e. The predicted molar refractivity (Wildman–Crippen MR) is 86.7 cm³/mol. The SMILES string of the molecule is CS[C@@H]1CC[C@@H](NC(=O)NC[C@@H](C)c2nc(C)cs2)C1. The van der Waals surface area contributed by atoms with Crippen molar-refractivity contribution in [1.29, 1.82) is 0 Å². The third-order valence-electron chi connectivity index (χ3n) is 3.68. The van der Waals surface area contributed by atoms with Crippen LogP contribution in [-0.2, 0) is 0 Å². The number of hydrogen-bond acceptors (Lipinski definition) is 4. The van der Waals surface area contributed by atoms with E-state index in [9.17, 15) is 4.79 Å². The smallest absolute Gasteiger partial charge is 0.315 e. The number of thiazole rings is 1. The molecule has 4 nitrogen and oxygen atoms in total. The Morgan fingerprint density at radius 2 is 2.40 bits per heavy atom. The molecule has 6 heteroatoms. The zero-order valence-corrected chi connectivity index (χ0v) is 13.9. The summed E-state index contributed by atoms with van der Waals surface area (Å²) in [5.41, 5.74) is 1.05. The summed E-state index contributed by atoms with van der Waals surface area (Å²) in [5.74, 6) is 0.266. The number of amides is 2. The molecule has 0 aromatic carbocycles. The quantitative estimate of drug-likeness (QED) is 0.878. The van der Waals surface area contributed by atoms with Gasteiger partial charge >= 0.3 is 6.03 Å². The van der Waals surface area contributed by atoms with Gasteiger partial charge in [0.25, 0.3) is 0 Å². The fourth-order valence-electron chi connectivity index (χ4n) is 2.45. The van der Waals surface area contributed by atoms with E-state index >= 15 is 0 Å². The molecule has 2 N–H and O–H groups in total. The number of carbonyl (C=O) groups is 1. The van der Waals surface area contributed by atoms with Gasteiger partial charge < -0.3 is 10.6 Å². The summed E-state index contributed by atoms with van der Waals surface area (Å²) < 4.78 is 0. The molecule has 3 atom stereocenters. The molecule has 2 rings (SSSR count). The lowest BCUT2D eigenvalue weighted by Gasteiger charge is -2.15. The molecule has 0 radical (unpaired) electrons. The van der Waals surface area contributed by atoms with Crippen LogP contribution < -0.4 is 10.6 Å². The fraction of sp³-hybridized carbons (Fsp3) is 0.714. The standard InChI is InChI=1S/C14H23N3OS2/c1-9(13-16-10(2)8-20-13)7-15-14(18)17-11-4-5-12(6-11)19-3/h8-9,11-12H,4-7H2,1-3H3,(H2,15,17,18)/t9-,11-,12-/m1/s1. The number of aromatic nitrogens is 1. The highest BCUT2D eigenvalue weighted by molar-refractivity contribution is 7.99. The van der Waals surface area contributed by atoms with Crippen molar-refractivity contribution in [3.8, 4) is 0 Å². The first-order valence-corrected chi connectivity index (χ1v) is 9.24. The van der Waals surface area contributed by atoms with Crippen molar-refractivity contribution in [2.24, 2.45) is 0 Å². The van der Waals surface area contributed by atoms with Crippen molar-refractivity contribution >= 4 is 29.1 Å². The molecule has 0 unspecified atom stereocenters. The number of carbonyl (C=O) groups excluding carboxylic acids is 1. The molecule has 0 aliphatic heterocycles. The number of nitrogens with one attached hydrogen (secondary N) is 2.